The van der Waals surface area contributed by atoms with Crippen molar-refractivity contribution in [3.63, 3.8) is 0 Å². The summed E-state index contributed by atoms with van der Waals surface area (Å²) in [5.74, 6) is 2.71. The highest BCUT2D eigenvalue weighted by molar-refractivity contribution is 6.32. The fourth-order valence-electron chi connectivity index (χ4n) is 3.94. The lowest BCUT2D eigenvalue weighted by atomic mass is 9.91. The molecule has 1 saturated heterocycles. The molecule has 2 aromatic rings. The fraction of sp³-hybridized carbons (Fsp3) is 0.368. The van der Waals surface area contributed by atoms with Crippen LogP contribution in [-0.2, 0) is 6.61 Å². The van der Waals surface area contributed by atoms with Gasteiger partial charge in [-0.25, -0.2) is 0 Å². The highest BCUT2D eigenvalue weighted by atomic mass is 35.5. The van der Waals surface area contributed by atoms with Crippen molar-refractivity contribution in [2.45, 2.75) is 25.4 Å². The average molecular weight is 314 g/mol. The minimum absolute atomic E-state index is 0.557. The van der Waals surface area contributed by atoms with Crippen LogP contribution in [0.15, 0.2) is 42.5 Å². The zero-order valence-corrected chi connectivity index (χ0v) is 13.4. The maximum Gasteiger partial charge on any atom is 0.138 e. The van der Waals surface area contributed by atoms with Crippen LogP contribution < -0.4 is 10.1 Å². The lowest BCUT2D eigenvalue weighted by Gasteiger charge is -2.14. The SMILES string of the molecule is CC1c2cc(Cl)c(OCc3ccccc3)cc2C2CNCC12. The van der Waals surface area contributed by atoms with E-state index in [4.69, 9.17) is 16.3 Å². The molecule has 0 saturated carbocycles. The summed E-state index contributed by atoms with van der Waals surface area (Å²) >= 11 is 6.46. The minimum Gasteiger partial charge on any atom is -0.487 e. The molecule has 3 heteroatoms. The van der Waals surface area contributed by atoms with Crippen LogP contribution in [0.2, 0.25) is 5.02 Å². The van der Waals surface area contributed by atoms with Crippen molar-refractivity contribution >= 4 is 11.6 Å². The van der Waals surface area contributed by atoms with Gasteiger partial charge >= 0.3 is 0 Å². The average Bonchev–Trinajstić information content (AvgIpc) is 3.11. The van der Waals surface area contributed by atoms with Gasteiger partial charge in [-0.3, -0.25) is 0 Å². The fourth-order valence-corrected chi connectivity index (χ4v) is 4.17. The van der Waals surface area contributed by atoms with E-state index < -0.39 is 0 Å². The zero-order valence-electron chi connectivity index (χ0n) is 12.7. The molecule has 0 radical (unpaired) electrons. The Bertz CT molecular complexity index is 685. The van der Waals surface area contributed by atoms with Gasteiger partial charge in [-0.05, 0) is 47.2 Å². The Balaban J connectivity index is 1.61. The van der Waals surface area contributed by atoms with E-state index in [-0.39, 0.29) is 0 Å². The molecule has 2 aliphatic rings. The predicted octanol–water partition coefficient (Wildman–Crippen LogP) is 4.34. The number of hydrogen-bond acceptors (Lipinski definition) is 2. The van der Waals surface area contributed by atoms with E-state index in [1.807, 2.05) is 18.2 Å². The van der Waals surface area contributed by atoms with Crippen LogP contribution in [0.5, 0.6) is 5.75 Å². The lowest BCUT2D eigenvalue weighted by molar-refractivity contribution is 0.306. The van der Waals surface area contributed by atoms with Crippen molar-refractivity contribution in [3.8, 4) is 5.75 Å². The van der Waals surface area contributed by atoms with Crippen LogP contribution in [0.1, 0.15) is 35.4 Å². The Morgan fingerprint density at radius 1 is 1.14 bits per heavy atom. The molecule has 0 amide bonds. The molecule has 1 N–H and O–H groups in total. The molecule has 1 fully saturated rings. The molecule has 1 aliphatic carbocycles. The van der Waals surface area contributed by atoms with E-state index in [1.54, 1.807) is 0 Å². The molecule has 2 nitrogen and oxygen atoms in total. The van der Waals surface area contributed by atoms with Crippen molar-refractivity contribution in [2.75, 3.05) is 13.1 Å². The molecule has 0 spiro atoms. The van der Waals surface area contributed by atoms with Crippen molar-refractivity contribution in [3.05, 3.63) is 64.2 Å². The summed E-state index contributed by atoms with van der Waals surface area (Å²) in [5.41, 5.74) is 4.00. The van der Waals surface area contributed by atoms with Crippen LogP contribution in [-0.4, -0.2) is 13.1 Å². The molecule has 3 atom stereocenters. The highest BCUT2D eigenvalue weighted by Crippen LogP contribution is 2.50. The first kappa shape index (κ1) is 14.1. The largest absolute Gasteiger partial charge is 0.487 e. The van der Waals surface area contributed by atoms with Gasteiger partial charge in [0.1, 0.15) is 12.4 Å². The first-order valence-electron chi connectivity index (χ1n) is 7.95. The van der Waals surface area contributed by atoms with Crippen LogP contribution in [0.4, 0.5) is 0 Å². The number of halogens is 1. The van der Waals surface area contributed by atoms with Gasteiger partial charge in [0.05, 0.1) is 5.02 Å². The predicted molar refractivity (Wildman–Crippen MR) is 89.7 cm³/mol. The number of fused-ring (bicyclic) bond motifs is 3. The van der Waals surface area contributed by atoms with Gasteiger partial charge in [-0.2, -0.15) is 0 Å². The summed E-state index contributed by atoms with van der Waals surface area (Å²) in [7, 11) is 0. The molecular formula is C19H20ClNO. The van der Waals surface area contributed by atoms with Gasteiger partial charge < -0.3 is 10.1 Å². The lowest BCUT2D eigenvalue weighted by Crippen LogP contribution is -2.12. The van der Waals surface area contributed by atoms with Crippen molar-refractivity contribution in [1.82, 2.24) is 5.32 Å². The first-order chi connectivity index (χ1) is 10.7. The summed E-state index contributed by atoms with van der Waals surface area (Å²) in [5, 5.41) is 4.24. The second-order valence-corrected chi connectivity index (χ2v) is 6.81. The Morgan fingerprint density at radius 2 is 1.95 bits per heavy atom. The van der Waals surface area contributed by atoms with Gasteiger partial charge in [0.25, 0.3) is 0 Å². The van der Waals surface area contributed by atoms with E-state index in [0.29, 0.717) is 24.4 Å². The van der Waals surface area contributed by atoms with Crippen LogP contribution >= 0.6 is 11.6 Å². The third kappa shape index (κ3) is 2.31. The summed E-state index contributed by atoms with van der Waals surface area (Å²) in [6.07, 6.45) is 0. The van der Waals surface area contributed by atoms with E-state index >= 15 is 0 Å². The first-order valence-corrected chi connectivity index (χ1v) is 8.32. The van der Waals surface area contributed by atoms with Gasteiger partial charge in [-0.15, -0.1) is 0 Å². The molecule has 0 aromatic heterocycles. The van der Waals surface area contributed by atoms with Gasteiger partial charge in [0, 0.05) is 12.5 Å². The number of nitrogens with one attached hydrogen (secondary N) is 1. The van der Waals surface area contributed by atoms with E-state index in [1.165, 1.54) is 11.1 Å². The molecule has 0 bridgehead atoms. The number of hydrogen-bond donors (Lipinski definition) is 1. The maximum absolute atomic E-state index is 6.46. The molecule has 4 rings (SSSR count). The second-order valence-electron chi connectivity index (χ2n) is 6.40. The summed E-state index contributed by atoms with van der Waals surface area (Å²) in [4.78, 5) is 0. The summed E-state index contributed by atoms with van der Waals surface area (Å²) < 4.78 is 5.98. The second kappa shape index (κ2) is 5.60. The summed E-state index contributed by atoms with van der Waals surface area (Å²) in [6.45, 7) is 5.05. The van der Waals surface area contributed by atoms with E-state index in [2.05, 4.69) is 36.5 Å². The van der Waals surface area contributed by atoms with Crippen molar-refractivity contribution < 1.29 is 4.74 Å². The third-order valence-corrected chi connectivity index (χ3v) is 5.46. The maximum atomic E-state index is 6.46. The molecule has 114 valence electrons. The van der Waals surface area contributed by atoms with E-state index in [0.717, 1.165) is 29.4 Å². The topological polar surface area (TPSA) is 21.3 Å². The smallest absolute Gasteiger partial charge is 0.138 e. The molecule has 1 aliphatic heterocycles. The number of benzene rings is 2. The molecule has 2 aromatic carbocycles. The Morgan fingerprint density at radius 3 is 2.77 bits per heavy atom. The van der Waals surface area contributed by atoms with Gasteiger partial charge in [-0.1, -0.05) is 48.9 Å². The third-order valence-electron chi connectivity index (χ3n) is 5.17. The van der Waals surface area contributed by atoms with Crippen molar-refractivity contribution in [1.29, 1.82) is 0 Å². The summed E-state index contributed by atoms with van der Waals surface area (Å²) in [6, 6.07) is 14.5. The van der Waals surface area contributed by atoms with Gasteiger partial charge in [0.15, 0.2) is 0 Å². The molecule has 22 heavy (non-hydrogen) atoms. The molecule has 1 heterocycles. The highest BCUT2D eigenvalue weighted by Gasteiger charge is 2.41. The van der Waals surface area contributed by atoms with Crippen molar-refractivity contribution in [2.24, 2.45) is 5.92 Å². The van der Waals surface area contributed by atoms with E-state index in [9.17, 15) is 0 Å². The number of rotatable bonds is 3. The zero-order chi connectivity index (χ0) is 15.1. The molecule has 3 unspecified atom stereocenters. The monoisotopic (exact) mass is 313 g/mol. The standard InChI is InChI=1S/C19H20ClNO/c1-12-14-7-18(20)19(22-11-13-5-3-2-4-6-13)8-15(14)17-10-21-9-16(12)17/h2-8,12,16-17,21H,9-11H2,1H3. The Labute approximate surface area is 136 Å². The minimum atomic E-state index is 0.557. The van der Waals surface area contributed by atoms with Crippen LogP contribution in [0, 0.1) is 5.92 Å². The Kier molecular flexibility index (Phi) is 3.59. The normalized spacial score (nSPS) is 25.8. The van der Waals surface area contributed by atoms with Crippen LogP contribution in [0.3, 0.4) is 0 Å². The number of ether oxygens (including phenoxy) is 1. The molecular weight excluding hydrogens is 294 g/mol. The van der Waals surface area contributed by atoms with Gasteiger partial charge in [0.2, 0.25) is 0 Å². The Hall–Kier alpha value is -1.51. The van der Waals surface area contributed by atoms with Crippen LogP contribution in [0.25, 0.3) is 0 Å². The quantitative estimate of drug-likeness (QED) is 0.910.